The Morgan fingerprint density at radius 3 is 2.91 bits per heavy atom. The highest BCUT2D eigenvalue weighted by Gasteiger charge is 1.98. The number of halogens is 2. The highest BCUT2D eigenvalue weighted by molar-refractivity contribution is 14.1. The van der Waals surface area contributed by atoms with Crippen molar-refractivity contribution in [2.45, 2.75) is 0 Å². The Bertz CT molecular complexity index is 394. The second-order valence-electron chi connectivity index (χ2n) is 2.33. The molecule has 2 rings (SSSR count). The molecule has 0 aliphatic carbocycles. The van der Waals surface area contributed by atoms with E-state index < -0.39 is 0 Å². The minimum absolute atomic E-state index is 0.180. The van der Waals surface area contributed by atoms with E-state index in [1.54, 1.807) is 6.07 Å². The molecule has 2 aromatic rings. The molecule has 0 bridgehead atoms. The summed E-state index contributed by atoms with van der Waals surface area (Å²) in [5.74, 6) is -0.180. The normalized spacial score (nSPS) is 10.7. The summed E-state index contributed by atoms with van der Waals surface area (Å²) >= 11 is 2.16. The molecule has 0 atom stereocenters. The van der Waals surface area contributed by atoms with E-state index in [0.717, 1.165) is 10.9 Å². The van der Waals surface area contributed by atoms with Crippen molar-refractivity contribution in [1.82, 2.24) is 2.78 Å². The number of rotatable bonds is 0. The van der Waals surface area contributed by atoms with Crippen LogP contribution in [0.25, 0.3) is 10.9 Å². The minimum Gasteiger partial charge on any atom is -0.290 e. The molecule has 1 aromatic heterocycles. The monoisotopic (exact) mass is 261 g/mol. The zero-order valence-corrected chi connectivity index (χ0v) is 7.75. The van der Waals surface area contributed by atoms with Crippen LogP contribution >= 0.6 is 22.9 Å². The maximum atomic E-state index is 12.6. The van der Waals surface area contributed by atoms with Crippen molar-refractivity contribution in [3.63, 3.8) is 0 Å². The first-order valence-electron chi connectivity index (χ1n) is 3.20. The Morgan fingerprint density at radius 1 is 1.27 bits per heavy atom. The third-order valence-electron chi connectivity index (χ3n) is 1.60. The lowest BCUT2D eigenvalue weighted by Crippen LogP contribution is -1.75. The Balaban J connectivity index is 2.86. The average Bonchev–Trinajstić information content (AvgIpc) is 2.32. The average molecular weight is 261 g/mol. The van der Waals surface area contributed by atoms with E-state index in [0.29, 0.717) is 0 Å². The lowest BCUT2D eigenvalue weighted by atomic mass is 10.2. The first-order chi connectivity index (χ1) is 5.27. The molecular weight excluding hydrogens is 256 g/mol. The fourth-order valence-electron chi connectivity index (χ4n) is 1.08. The Labute approximate surface area is 77.3 Å². The summed E-state index contributed by atoms with van der Waals surface area (Å²) in [6, 6.07) is 6.67. The maximum absolute atomic E-state index is 12.6. The van der Waals surface area contributed by atoms with E-state index in [1.165, 1.54) is 12.1 Å². The molecule has 0 radical (unpaired) electrons. The topological polar surface area (TPSA) is 4.93 Å². The lowest BCUT2D eigenvalue weighted by molar-refractivity contribution is 0.629. The molecule has 0 saturated carbocycles. The van der Waals surface area contributed by atoms with Crippen molar-refractivity contribution in [2.75, 3.05) is 0 Å². The molecule has 11 heavy (non-hydrogen) atoms. The highest BCUT2D eigenvalue weighted by atomic mass is 127. The van der Waals surface area contributed by atoms with Crippen LogP contribution in [0.2, 0.25) is 0 Å². The fourth-order valence-corrected chi connectivity index (χ4v) is 1.68. The number of hydrogen-bond acceptors (Lipinski definition) is 0. The van der Waals surface area contributed by atoms with Gasteiger partial charge in [-0.25, -0.2) is 4.39 Å². The summed E-state index contributed by atoms with van der Waals surface area (Å²) in [6.45, 7) is 0. The number of hydrogen-bond donors (Lipinski definition) is 0. The quantitative estimate of drug-likeness (QED) is 0.642. The van der Waals surface area contributed by atoms with Gasteiger partial charge in [-0.1, -0.05) is 0 Å². The molecule has 1 aromatic carbocycles. The van der Waals surface area contributed by atoms with Crippen LogP contribution < -0.4 is 0 Å². The maximum Gasteiger partial charge on any atom is 0.123 e. The van der Waals surface area contributed by atoms with Gasteiger partial charge in [0.15, 0.2) is 0 Å². The van der Waals surface area contributed by atoms with Gasteiger partial charge in [-0.2, -0.15) is 0 Å². The summed E-state index contributed by atoms with van der Waals surface area (Å²) in [5.41, 5.74) is 1.05. The van der Waals surface area contributed by atoms with Gasteiger partial charge in [0, 0.05) is 11.6 Å². The predicted octanol–water partition coefficient (Wildman–Crippen LogP) is 2.98. The SMILES string of the molecule is Fc1ccc2c(ccn2I)c1. The van der Waals surface area contributed by atoms with Gasteiger partial charge in [0.1, 0.15) is 5.82 Å². The number of benzene rings is 1. The van der Waals surface area contributed by atoms with E-state index in [9.17, 15) is 4.39 Å². The minimum atomic E-state index is -0.180. The Morgan fingerprint density at radius 2 is 2.09 bits per heavy atom. The lowest BCUT2D eigenvalue weighted by Gasteiger charge is -1.92. The molecule has 56 valence electrons. The van der Waals surface area contributed by atoms with Gasteiger partial charge in [0.05, 0.1) is 28.4 Å². The number of nitrogens with zero attached hydrogens (tertiary/aromatic N) is 1. The summed E-state index contributed by atoms with van der Waals surface area (Å²) < 4.78 is 14.6. The van der Waals surface area contributed by atoms with Gasteiger partial charge in [-0.05, 0) is 24.3 Å². The van der Waals surface area contributed by atoms with E-state index in [-0.39, 0.29) is 5.82 Å². The molecule has 0 unspecified atom stereocenters. The van der Waals surface area contributed by atoms with Crippen molar-refractivity contribution in [2.24, 2.45) is 0 Å². The van der Waals surface area contributed by atoms with Crippen molar-refractivity contribution < 1.29 is 4.39 Å². The van der Waals surface area contributed by atoms with Gasteiger partial charge >= 0.3 is 0 Å². The molecule has 3 heteroatoms. The molecule has 0 spiro atoms. The Hall–Kier alpha value is -0.580. The molecule has 0 aliphatic rings. The molecule has 1 nitrogen and oxygen atoms in total. The number of aromatic nitrogens is 1. The third-order valence-corrected chi connectivity index (χ3v) is 2.45. The van der Waals surface area contributed by atoms with Crippen molar-refractivity contribution in [3.8, 4) is 0 Å². The van der Waals surface area contributed by atoms with Gasteiger partial charge in [-0.15, -0.1) is 0 Å². The van der Waals surface area contributed by atoms with Gasteiger partial charge in [-0.3, -0.25) is 2.78 Å². The summed E-state index contributed by atoms with van der Waals surface area (Å²) in [6.07, 6.45) is 1.91. The van der Waals surface area contributed by atoms with Crippen LogP contribution in [0, 0.1) is 5.82 Å². The van der Waals surface area contributed by atoms with Crippen LogP contribution in [0.1, 0.15) is 0 Å². The molecule has 0 N–H and O–H groups in total. The van der Waals surface area contributed by atoms with E-state index in [1.807, 2.05) is 15.0 Å². The first kappa shape index (κ1) is 7.09. The molecule has 0 fully saturated rings. The summed E-state index contributed by atoms with van der Waals surface area (Å²) in [7, 11) is 0. The third kappa shape index (κ3) is 1.13. The van der Waals surface area contributed by atoms with Gasteiger partial charge in [0.25, 0.3) is 0 Å². The molecule has 0 aliphatic heterocycles. The largest absolute Gasteiger partial charge is 0.290 e. The first-order valence-corrected chi connectivity index (χ1v) is 4.16. The van der Waals surface area contributed by atoms with Gasteiger partial charge in [0.2, 0.25) is 0 Å². The molecule has 0 saturated heterocycles. The van der Waals surface area contributed by atoms with Crippen LogP contribution in [0.3, 0.4) is 0 Å². The molecule has 0 amide bonds. The van der Waals surface area contributed by atoms with Crippen molar-refractivity contribution in [1.29, 1.82) is 0 Å². The predicted molar refractivity (Wildman–Crippen MR) is 51.3 cm³/mol. The van der Waals surface area contributed by atoms with Crippen LogP contribution in [-0.4, -0.2) is 2.78 Å². The smallest absolute Gasteiger partial charge is 0.123 e. The molecule has 1 heterocycles. The zero-order valence-electron chi connectivity index (χ0n) is 5.59. The highest BCUT2D eigenvalue weighted by Crippen LogP contribution is 2.18. The zero-order chi connectivity index (χ0) is 7.84. The van der Waals surface area contributed by atoms with E-state index in [2.05, 4.69) is 22.9 Å². The molecular formula is C8H5FIN. The van der Waals surface area contributed by atoms with Crippen LogP contribution in [0.15, 0.2) is 30.5 Å². The van der Waals surface area contributed by atoms with Crippen LogP contribution in [0.5, 0.6) is 0 Å². The van der Waals surface area contributed by atoms with E-state index in [4.69, 9.17) is 0 Å². The summed E-state index contributed by atoms with van der Waals surface area (Å²) in [4.78, 5) is 0. The van der Waals surface area contributed by atoms with Crippen LogP contribution in [-0.2, 0) is 0 Å². The second kappa shape index (κ2) is 2.48. The Kier molecular flexibility index (Phi) is 1.60. The van der Waals surface area contributed by atoms with E-state index >= 15 is 0 Å². The van der Waals surface area contributed by atoms with Crippen molar-refractivity contribution in [3.05, 3.63) is 36.3 Å². The van der Waals surface area contributed by atoms with Gasteiger partial charge < -0.3 is 0 Å². The fraction of sp³-hybridized carbons (Fsp3) is 0. The number of fused-ring (bicyclic) bond motifs is 1. The van der Waals surface area contributed by atoms with Crippen molar-refractivity contribution >= 4 is 33.8 Å². The standard InChI is InChI=1S/C8H5FIN/c9-7-1-2-8-6(5-7)3-4-11(8)10/h1-5H. The second-order valence-corrected chi connectivity index (χ2v) is 3.37. The van der Waals surface area contributed by atoms with Crippen LogP contribution in [0.4, 0.5) is 4.39 Å². The summed E-state index contributed by atoms with van der Waals surface area (Å²) in [5, 5.41) is 0.944.